The molecule has 3 heteroatoms. The van der Waals surface area contributed by atoms with Gasteiger partial charge in [0.15, 0.2) is 0 Å². The fourth-order valence-electron chi connectivity index (χ4n) is 2.27. The molecule has 1 fully saturated rings. The zero-order valence-corrected chi connectivity index (χ0v) is 10.3. The van der Waals surface area contributed by atoms with Crippen molar-refractivity contribution in [1.29, 1.82) is 0 Å². The largest absolute Gasteiger partial charge is 0.393 e. The molecule has 3 nitrogen and oxygen atoms in total. The molecular formula is C14H21NO2. The second-order valence-corrected chi connectivity index (χ2v) is 4.73. The first-order chi connectivity index (χ1) is 8.20. The maximum atomic E-state index is 9.72. The maximum Gasteiger partial charge on any atom is 0.0787 e. The van der Waals surface area contributed by atoms with Crippen molar-refractivity contribution in [1.82, 2.24) is 0 Å². The molecule has 17 heavy (non-hydrogen) atoms. The number of benzene rings is 1. The molecule has 0 unspecified atom stereocenters. The molecule has 0 radical (unpaired) electrons. The van der Waals surface area contributed by atoms with Crippen molar-refractivity contribution in [3.8, 4) is 0 Å². The summed E-state index contributed by atoms with van der Waals surface area (Å²) >= 11 is 0. The van der Waals surface area contributed by atoms with Crippen LogP contribution in [-0.4, -0.2) is 29.4 Å². The summed E-state index contributed by atoms with van der Waals surface area (Å²) in [5.74, 6) is 0. The third-order valence-corrected chi connectivity index (χ3v) is 3.49. The predicted molar refractivity (Wildman–Crippen MR) is 69.1 cm³/mol. The minimum absolute atomic E-state index is 0.132. The lowest BCUT2D eigenvalue weighted by Gasteiger charge is -2.31. The fourth-order valence-corrected chi connectivity index (χ4v) is 2.27. The van der Waals surface area contributed by atoms with Gasteiger partial charge in [0.05, 0.1) is 12.2 Å². The van der Waals surface area contributed by atoms with Crippen molar-refractivity contribution in [3.05, 3.63) is 29.8 Å². The molecule has 1 heterocycles. The van der Waals surface area contributed by atoms with Gasteiger partial charge in [0, 0.05) is 18.8 Å². The lowest BCUT2D eigenvalue weighted by atomic mass is 10.0. The number of nitrogens with zero attached hydrogens (tertiary/aromatic N) is 1. The van der Waals surface area contributed by atoms with Gasteiger partial charge in [0.2, 0.25) is 0 Å². The average Bonchev–Trinajstić information content (AvgIpc) is 2.39. The summed E-state index contributed by atoms with van der Waals surface area (Å²) in [5, 5.41) is 19.2. The van der Waals surface area contributed by atoms with Crippen molar-refractivity contribution in [3.63, 3.8) is 0 Å². The predicted octanol–water partition coefficient (Wildman–Crippen LogP) is 2.09. The minimum Gasteiger partial charge on any atom is -0.393 e. The van der Waals surface area contributed by atoms with E-state index >= 15 is 0 Å². The van der Waals surface area contributed by atoms with Gasteiger partial charge in [-0.1, -0.05) is 19.1 Å². The molecular weight excluding hydrogens is 214 g/mol. The lowest BCUT2D eigenvalue weighted by Crippen LogP contribution is -2.35. The highest BCUT2D eigenvalue weighted by Crippen LogP contribution is 2.23. The first-order valence-corrected chi connectivity index (χ1v) is 6.41. The van der Waals surface area contributed by atoms with Crippen LogP contribution in [0, 0.1) is 0 Å². The number of piperidine rings is 1. The highest BCUT2D eigenvalue weighted by atomic mass is 16.3. The Labute approximate surface area is 103 Å². The number of rotatable bonds is 3. The highest BCUT2D eigenvalue weighted by molar-refractivity contribution is 5.48. The van der Waals surface area contributed by atoms with E-state index in [1.54, 1.807) is 0 Å². The van der Waals surface area contributed by atoms with Crippen molar-refractivity contribution >= 4 is 5.69 Å². The zero-order valence-electron chi connectivity index (χ0n) is 10.3. The van der Waals surface area contributed by atoms with Gasteiger partial charge < -0.3 is 15.1 Å². The molecule has 0 saturated carbocycles. The summed E-state index contributed by atoms with van der Waals surface area (Å²) in [6, 6.07) is 8.11. The maximum absolute atomic E-state index is 9.72. The van der Waals surface area contributed by atoms with E-state index in [0.717, 1.165) is 37.9 Å². The molecule has 0 amide bonds. The monoisotopic (exact) mass is 235 g/mol. The van der Waals surface area contributed by atoms with Crippen LogP contribution in [0.2, 0.25) is 0 Å². The van der Waals surface area contributed by atoms with Crippen LogP contribution in [0.25, 0.3) is 0 Å². The van der Waals surface area contributed by atoms with E-state index in [0.29, 0.717) is 0 Å². The van der Waals surface area contributed by atoms with Crippen LogP contribution in [0.15, 0.2) is 24.3 Å². The number of hydrogen-bond donors (Lipinski definition) is 2. The summed E-state index contributed by atoms with van der Waals surface area (Å²) in [6.45, 7) is 3.80. The Morgan fingerprint density at radius 2 is 1.82 bits per heavy atom. The Hall–Kier alpha value is -1.06. The Morgan fingerprint density at radius 1 is 1.24 bits per heavy atom. The van der Waals surface area contributed by atoms with Gasteiger partial charge in [0.1, 0.15) is 0 Å². The van der Waals surface area contributed by atoms with E-state index in [1.807, 2.05) is 19.1 Å². The Kier molecular flexibility index (Phi) is 4.02. The van der Waals surface area contributed by atoms with Crippen LogP contribution in [0.3, 0.4) is 0 Å². The van der Waals surface area contributed by atoms with E-state index in [2.05, 4.69) is 17.0 Å². The SMILES string of the molecule is CC[C@H](O)c1ccc(N2CCC(O)CC2)cc1. The average molecular weight is 235 g/mol. The summed E-state index contributed by atoms with van der Waals surface area (Å²) in [7, 11) is 0. The Balaban J connectivity index is 2.02. The standard InChI is InChI=1S/C14H21NO2/c1-2-14(17)11-3-5-12(6-4-11)15-9-7-13(16)8-10-15/h3-6,13-14,16-17H,2,7-10H2,1H3/t14-/m0/s1. The van der Waals surface area contributed by atoms with E-state index in [9.17, 15) is 10.2 Å². The molecule has 2 rings (SSSR count). The highest BCUT2D eigenvalue weighted by Gasteiger charge is 2.17. The Morgan fingerprint density at radius 3 is 2.35 bits per heavy atom. The van der Waals surface area contributed by atoms with Gasteiger partial charge in [-0.3, -0.25) is 0 Å². The molecule has 1 saturated heterocycles. The molecule has 0 bridgehead atoms. The number of hydrogen-bond acceptors (Lipinski definition) is 3. The third kappa shape index (κ3) is 2.99. The zero-order chi connectivity index (χ0) is 12.3. The van der Waals surface area contributed by atoms with Gasteiger partial charge in [-0.25, -0.2) is 0 Å². The molecule has 2 N–H and O–H groups in total. The number of anilines is 1. The van der Waals surface area contributed by atoms with Crippen LogP contribution in [-0.2, 0) is 0 Å². The number of aliphatic hydroxyl groups is 2. The topological polar surface area (TPSA) is 43.7 Å². The first-order valence-electron chi connectivity index (χ1n) is 6.41. The summed E-state index contributed by atoms with van der Waals surface area (Å²) < 4.78 is 0. The summed E-state index contributed by atoms with van der Waals surface area (Å²) in [5.41, 5.74) is 2.16. The van der Waals surface area contributed by atoms with Gasteiger partial charge in [-0.15, -0.1) is 0 Å². The van der Waals surface area contributed by atoms with Crippen LogP contribution < -0.4 is 4.90 Å². The van der Waals surface area contributed by atoms with Crippen LogP contribution in [0.1, 0.15) is 37.9 Å². The molecule has 0 aromatic heterocycles. The van der Waals surface area contributed by atoms with Crippen molar-refractivity contribution in [2.75, 3.05) is 18.0 Å². The molecule has 0 aliphatic carbocycles. The third-order valence-electron chi connectivity index (χ3n) is 3.49. The normalized spacial score (nSPS) is 19.4. The fraction of sp³-hybridized carbons (Fsp3) is 0.571. The smallest absolute Gasteiger partial charge is 0.0787 e. The van der Waals surface area contributed by atoms with Crippen LogP contribution in [0.5, 0.6) is 0 Å². The Bertz CT molecular complexity index is 342. The minimum atomic E-state index is -0.354. The molecule has 1 atom stereocenters. The molecule has 0 spiro atoms. The van der Waals surface area contributed by atoms with Gasteiger partial charge in [0.25, 0.3) is 0 Å². The number of aliphatic hydroxyl groups excluding tert-OH is 2. The molecule has 1 aromatic carbocycles. The van der Waals surface area contributed by atoms with Crippen LogP contribution in [0.4, 0.5) is 5.69 Å². The summed E-state index contributed by atoms with van der Waals surface area (Å²) in [6.07, 6.45) is 1.95. The molecule has 94 valence electrons. The van der Waals surface area contributed by atoms with Crippen molar-refractivity contribution in [2.45, 2.75) is 38.4 Å². The quantitative estimate of drug-likeness (QED) is 0.843. The van der Waals surface area contributed by atoms with Gasteiger partial charge >= 0.3 is 0 Å². The van der Waals surface area contributed by atoms with E-state index < -0.39 is 0 Å². The van der Waals surface area contributed by atoms with E-state index in [4.69, 9.17) is 0 Å². The lowest BCUT2D eigenvalue weighted by molar-refractivity contribution is 0.145. The van der Waals surface area contributed by atoms with Crippen LogP contribution >= 0.6 is 0 Å². The van der Waals surface area contributed by atoms with Crippen molar-refractivity contribution < 1.29 is 10.2 Å². The first kappa shape index (κ1) is 12.4. The molecule has 1 aliphatic heterocycles. The summed E-state index contributed by atoms with van der Waals surface area (Å²) in [4.78, 5) is 2.29. The van der Waals surface area contributed by atoms with E-state index in [1.165, 1.54) is 5.69 Å². The van der Waals surface area contributed by atoms with Crippen molar-refractivity contribution in [2.24, 2.45) is 0 Å². The second-order valence-electron chi connectivity index (χ2n) is 4.73. The molecule has 1 aliphatic rings. The second kappa shape index (κ2) is 5.52. The molecule has 1 aromatic rings. The van der Waals surface area contributed by atoms with E-state index in [-0.39, 0.29) is 12.2 Å². The van der Waals surface area contributed by atoms with Gasteiger partial charge in [-0.2, -0.15) is 0 Å². The van der Waals surface area contributed by atoms with Gasteiger partial charge in [-0.05, 0) is 37.0 Å².